The van der Waals surface area contributed by atoms with Crippen molar-refractivity contribution in [1.82, 2.24) is 4.72 Å². The van der Waals surface area contributed by atoms with Crippen LogP contribution in [0.5, 0.6) is 5.75 Å². The molecule has 1 N–H and O–H groups in total. The second kappa shape index (κ2) is 7.90. The van der Waals surface area contributed by atoms with Crippen LogP contribution in [0, 0.1) is 27.7 Å². The summed E-state index contributed by atoms with van der Waals surface area (Å²) in [6, 6.07) is 7.32. The van der Waals surface area contributed by atoms with Crippen molar-refractivity contribution in [3.8, 4) is 5.75 Å². The van der Waals surface area contributed by atoms with Gasteiger partial charge >= 0.3 is 6.18 Å². The standard InChI is InChI=1S/C19H22F3NO3S/c1-12-5-7-16(8-6-12)26-11-17(19(20,21)22)23-27(24,25)18-14(3)9-13(2)10-15(18)4/h5-10,17,23H,11H2,1-4H3. The van der Waals surface area contributed by atoms with E-state index >= 15 is 0 Å². The van der Waals surface area contributed by atoms with Gasteiger partial charge in [0.2, 0.25) is 10.0 Å². The lowest BCUT2D eigenvalue weighted by atomic mass is 10.1. The lowest BCUT2D eigenvalue weighted by Crippen LogP contribution is -2.49. The summed E-state index contributed by atoms with van der Waals surface area (Å²) >= 11 is 0. The maximum absolute atomic E-state index is 13.4. The molecule has 27 heavy (non-hydrogen) atoms. The van der Waals surface area contributed by atoms with Gasteiger partial charge in [-0.2, -0.15) is 17.9 Å². The molecule has 1 unspecified atom stereocenters. The second-order valence-electron chi connectivity index (χ2n) is 6.57. The molecule has 148 valence electrons. The van der Waals surface area contributed by atoms with Crippen molar-refractivity contribution in [2.24, 2.45) is 0 Å². The van der Waals surface area contributed by atoms with Crippen LogP contribution in [-0.4, -0.2) is 27.2 Å². The van der Waals surface area contributed by atoms with Gasteiger partial charge in [0.1, 0.15) is 12.4 Å². The van der Waals surface area contributed by atoms with Gasteiger partial charge in [0.05, 0.1) is 4.90 Å². The van der Waals surface area contributed by atoms with E-state index in [1.165, 1.54) is 12.1 Å². The number of hydrogen-bond acceptors (Lipinski definition) is 3. The molecule has 2 rings (SSSR count). The molecular formula is C19H22F3NO3S. The monoisotopic (exact) mass is 401 g/mol. The smallest absolute Gasteiger partial charge is 0.408 e. The summed E-state index contributed by atoms with van der Waals surface area (Å²) in [5, 5.41) is 0. The molecule has 0 heterocycles. The molecule has 0 bridgehead atoms. The first-order valence-corrected chi connectivity index (χ1v) is 9.75. The predicted octanol–water partition coefficient (Wildman–Crippen LogP) is 4.21. The van der Waals surface area contributed by atoms with Crippen LogP contribution < -0.4 is 9.46 Å². The van der Waals surface area contributed by atoms with E-state index in [0.717, 1.165) is 11.1 Å². The Bertz CT molecular complexity index is 884. The van der Waals surface area contributed by atoms with E-state index in [9.17, 15) is 21.6 Å². The number of ether oxygens (including phenoxy) is 1. The van der Waals surface area contributed by atoms with Gasteiger partial charge < -0.3 is 4.74 Å². The highest BCUT2D eigenvalue weighted by Gasteiger charge is 2.43. The first kappa shape index (κ1) is 21.2. The van der Waals surface area contributed by atoms with E-state index < -0.39 is 28.8 Å². The molecular weight excluding hydrogens is 379 g/mol. The lowest BCUT2D eigenvalue weighted by molar-refractivity contribution is -0.157. The van der Waals surface area contributed by atoms with Gasteiger partial charge in [-0.05, 0) is 51.0 Å². The normalized spacial score (nSPS) is 13.4. The molecule has 8 heteroatoms. The maximum atomic E-state index is 13.4. The van der Waals surface area contributed by atoms with Gasteiger partial charge in [0.15, 0.2) is 6.04 Å². The number of nitrogens with one attached hydrogen (secondary N) is 1. The first-order valence-electron chi connectivity index (χ1n) is 8.26. The molecule has 0 aliphatic rings. The van der Waals surface area contributed by atoms with Crippen molar-refractivity contribution < 1.29 is 26.3 Å². The number of sulfonamides is 1. The number of rotatable bonds is 6. The van der Waals surface area contributed by atoms with Crippen LogP contribution >= 0.6 is 0 Å². The van der Waals surface area contributed by atoms with E-state index in [-0.39, 0.29) is 10.6 Å². The van der Waals surface area contributed by atoms with Crippen LogP contribution in [0.4, 0.5) is 13.2 Å². The third-order valence-corrected chi connectivity index (χ3v) is 5.78. The Labute approximate surface area is 157 Å². The summed E-state index contributed by atoms with van der Waals surface area (Å²) in [6.45, 7) is 5.87. The van der Waals surface area contributed by atoms with Crippen LogP contribution in [-0.2, 0) is 10.0 Å². The fraction of sp³-hybridized carbons (Fsp3) is 0.368. The molecule has 0 amide bonds. The molecule has 0 aliphatic heterocycles. The molecule has 0 radical (unpaired) electrons. The van der Waals surface area contributed by atoms with Gasteiger partial charge in [0.25, 0.3) is 0 Å². The Balaban J connectivity index is 2.26. The zero-order valence-corrected chi connectivity index (χ0v) is 16.3. The minimum absolute atomic E-state index is 0.141. The number of benzene rings is 2. The van der Waals surface area contributed by atoms with E-state index in [1.54, 1.807) is 49.8 Å². The molecule has 1 atom stereocenters. The molecule has 0 aromatic heterocycles. The van der Waals surface area contributed by atoms with Gasteiger partial charge in [-0.15, -0.1) is 0 Å². The minimum Gasteiger partial charge on any atom is -0.492 e. The first-order chi connectivity index (χ1) is 12.4. The molecule has 0 spiro atoms. The quantitative estimate of drug-likeness (QED) is 0.789. The third kappa shape index (κ3) is 5.46. The van der Waals surface area contributed by atoms with Crippen LogP contribution in [0.3, 0.4) is 0 Å². The molecule has 0 aliphatic carbocycles. The molecule has 2 aromatic carbocycles. The fourth-order valence-electron chi connectivity index (χ4n) is 2.85. The summed E-state index contributed by atoms with van der Waals surface area (Å²) in [5.41, 5.74) is 2.54. The number of halogens is 3. The summed E-state index contributed by atoms with van der Waals surface area (Å²) in [4.78, 5) is -0.141. The number of alkyl halides is 3. The average molecular weight is 401 g/mol. The van der Waals surface area contributed by atoms with Crippen molar-refractivity contribution in [1.29, 1.82) is 0 Å². The lowest BCUT2D eigenvalue weighted by Gasteiger charge is -2.23. The summed E-state index contributed by atoms with van der Waals surface area (Å²) < 4.78 is 72.4. The Kier molecular flexibility index (Phi) is 6.21. The summed E-state index contributed by atoms with van der Waals surface area (Å²) in [5.74, 6) is 0.233. The van der Waals surface area contributed by atoms with Crippen LogP contribution in [0.2, 0.25) is 0 Å². The predicted molar refractivity (Wildman–Crippen MR) is 97.5 cm³/mol. The highest BCUT2D eigenvalue weighted by molar-refractivity contribution is 7.89. The largest absolute Gasteiger partial charge is 0.492 e. The van der Waals surface area contributed by atoms with Crippen molar-refractivity contribution in [3.63, 3.8) is 0 Å². The van der Waals surface area contributed by atoms with Crippen molar-refractivity contribution in [2.75, 3.05) is 6.61 Å². The molecule has 0 saturated heterocycles. The minimum atomic E-state index is -4.80. The SMILES string of the molecule is Cc1ccc(OCC(NS(=O)(=O)c2c(C)cc(C)cc2C)C(F)(F)F)cc1. The zero-order valence-electron chi connectivity index (χ0n) is 15.5. The Morgan fingerprint density at radius 2 is 1.48 bits per heavy atom. The highest BCUT2D eigenvalue weighted by atomic mass is 32.2. The zero-order chi connectivity index (χ0) is 20.4. The van der Waals surface area contributed by atoms with Crippen molar-refractivity contribution in [2.45, 2.75) is 44.8 Å². The van der Waals surface area contributed by atoms with Crippen LogP contribution in [0.1, 0.15) is 22.3 Å². The van der Waals surface area contributed by atoms with E-state index in [0.29, 0.717) is 11.1 Å². The van der Waals surface area contributed by atoms with Crippen LogP contribution in [0.15, 0.2) is 41.3 Å². The maximum Gasteiger partial charge on any atom is 0.408 e. The Morgan fingerprint density at radius 3 is 1.96 bits per heavy atom. The molecule has 2 aromatic rings. The number of hydrogen-bond donors (Lipinski definition) is 1. The van der Waals surface area contributed by atoms with E-state index in [2.05, 4.69) is 0 Å². The third-order valence-electron chi connectivity index (χ3n) is 4.00. The molecule has 4 nitrogen and oxygen atoms in total. The van der Waals surface area contributed by atoms with Gasteiger partial charge in [0, 0.05) is 0 Å². The van der Waals surface area contributed by atoms with Gasteiger partial charge in [-0.1, -0.05) is 35.4 Å². The Hall–Kier alpha value is -2.06. The molecule has 0 saturated carbocycles. The Morgan fingerprint density at radius 1 is 0.963 bits per heavy atom. The highest BCUT2D eigenvalue weighted by Crippen LogP contribution is 2.26. The van der Waals surface area contributed by atoms with Crippen LogP contribution in [0.25, 0.3) is 0 Å². The number of aryl methyl sites for hydroxylation is 4. The second-order valence-corrected chi connectivity index (χ2v) is 8.22. The van der Waals surface area contributed by atoms with E-state index in [1.807, 2.05) is 6.92 Å². The summed E-state index contributed by atoms with van der Waals surface area (Å²) in [7, 11) is -4.38. The topological polar surface area (TPSA) is 55.4 Å². The molecule has 0 fully saturated rings. The van der Waals surface area contributed by atoms with Gasteiger partial charge in [-0.25, -0.2) is 8.42 Å². The van der Waals surface area contributed by atoms with Gasteiger partial charge in [-0.3, -0.25) is 0 Å². The summed E-state index contributed by atoms with van der Waals surface area (Å²) in [6.07, 6.45) is -4.80. The fourth-order valence-corrected chi connectivity index (χ4v) is 4.51. The van der Waals surface area contributed by atoms with Crippen molar-refractivity contribution in [3.05, 3.63) is 58.7 Å². The van der Waals surface area contributed by atoms with E-state index in [4.69, 9.17) is 4.74 Å². The average Bonchev–Trinajstić information content (AvgIpc) is 2.50. The van der Waals surface area contributed by atoms with Crippen molar-refractivity contribution >= 4 is 10.0 Å².